The predicted octanol–water partition coefficient (Wildman–Crippen LogP) is 3.74. The fourth-order valence-corrected chi connectivity index (χ4v) is 4.68. The van der Waals surface area contributed by atoms with Crippen LogP contribution in [-0.2, 0) is 9.84 Å². The second-order valence-corrected chi connectivity index (χ2v) is 8.55. The maximum atomic E-state index is 12.3. The molecule has 2 rings (SSSR count). The smallest absolute Gasteiger partial charge is 0.177 e. The van der Waals surface area contributed by atoms with Crippen LogP contribution in [0.5, 0.6) is 0 Å². The Morgan fingerprint density at radius 2 is 1.67 bits per heavy atom. The van der Waals surface area contributed by atoms with E-state index in [0.717, 1.165) is 24.8 Å². The van der Waals surface area contributed by atoms with E-state index in [2.05, 4.69) is 13.8 Å². The number of sulfone groups is 1. The SMILES string of the molecule is CC(C)c1ccc(C(=O)CS(=O)(=O)C2CCCCC2)cc1. The van der Waals surface area contributed by atoms with E-state index in [1.807, 2.05) is 12.1 Å². The zero-order valence-electron chi connectivity index (χ0n) is 12.8. The van der Waals surface area contributed by atoms with E-state index < -0.39 is 9.84 Å². The number of ketones is 1. The number of hydrogen-bond acceptors (Lipinski definition) is 3. The third-order valence-corrected chi connectivity index (χ3v) is 6.44. The van der Waals surface area contributed by atoms with Crippen LogP contribution in [0.1, 0.15) is 67.8 Å². The molecule has 0 N–H and O–H groups in total. The molecular formula is C17H24O3S. The van der Waals surface area contributed by atoms with Crippen LogP contribution in [-0.4, -0.2) is 25.2 Å². The molecule has 116 valence electrons. The quantitative estimate of drug-likeness (QED) is 0.779. The van der Waals surface area contributed by atoms with Crippen LogP contribution in [0.3, 0.4) is 0 Å². The first-order valence-corrected chi connectivity index (χ1v) is 9.46. The highest BCUT2D eigenvalue weighted by Gasteiger charge is 2.29. The van der Waals surface area contributed by atoms with Gasteiger partial charge in [0, 0.05) is 5.56 Å². The van der Waals surface area contributed by atoms with Gasteiger partial charge < -0.3 is 0 Å². The van der Waals surface area contributed by atoms with Crippen molar-refractivity contribution in [3.05, 3.63) is 35.4 Å². The highest BCUT2D eigenvalue weighted by atomic mass is 32.2. The van der Waals surface area contributed by atoms with Crippen LogP contribution in [0, 0.1) is 0 Å². The molecule has 1 aliphatic rings. The highest BCUT2D eigenvalue weighted by molar-refractivity contribution is 7.92. The lowest BCUT2D eigenvalue weighted by molar-refractivity contribution is 0.102. The number of benzene rings is 1. The van der Waals surface area contributed by atoms with Crippen molar-refractivity contribution in [3.8, 4) is 0 Å². The Hall–Kier alpha value is -1.16. The largest absolute Gasteiger partial charge is 0.293 e. The summed E-state index contributed by atoms with van der Waals surface area (Å²) in [7, 11) is -3.31. The zero-order chi connectivity index (χ0) is 15.5. The lowest BCUT2D eigenvalue weighted by Crippen LogP contribution is -2.29. The first-order valence-electron chi connectivity index (χ1n) is 7.75. The summed E-state index contributed by atoms with van der Waals surface area (Å²) < 4.78 is 24.6. The molecule has 4 heteroatoms. The number of Topliss-reactive ketones (excluding diaryl/α,β-unsaturated/α-hetero) is 1. The molecule has 1 aromatic carbocycles. The summed E-state index contributed by atoms with van der Waals surface area (Å²) in [6, 6.07) is 7.30. The van der Waals surface area contributed by atoms with Gasteiger partial charge in [0.15, 0.2) is 15.6 Å². The van der Waals surface area contributed by atoms with Crippen molar-refractivity contribution in [2.24, 2.45) is 0 Å². The van der Waals surface area contributed by atoms with Crippen LogP contribution in [0.15, 0.2) is 24.3 Å². The molecule has 21 heavy (non-hydrogen) atoms. The maximum absolute atomic E-state index is 12.3. The molecule has 1 aliphatic carbocycles. The molecule has 0 heterocycles. The average Bonchev–Trinajstić information content (AvgIpc) is 2.48. The number of hydrogen-bond donors (Lipinski definition) is 0. The summed E-state index contributed by atoms with van der Waals surface area (Å²) in [5.41, 5.74) is 1.65. The molecule has 0 unspecified atom stereocenters. The minimum atomic E-state index is -3.31. The van der Waals surface area contributed by atoms with E-state index in [-0.39, 0.29) is 16.8 Å². The molecule has 1 fully saturated rings. The topological polar surface area (TPSA) is 51.2 Å². The first-order chi connectivity index (χ1) is 9.90. The summed E-state index contributed by atoms with van der Waals surface area (Å²) >= 11 is 0. The van der Waals surface area contributed by atoms with Crippen molar-refractivity contribution in [2.45, 2.75) is 57.1 Å². The molecule has 0 spiro atoms. The molecule has 0 aromatic heterocycles. The molecule has 0 aliphatic heterocycles. The monoisotopic (exact) mass is 308 g/mol. The van der Waals surface area contributed by atoms with Gasteiger partial charge >= 0.3 is 0 Å². The molecule has 3 nitrogen and oxygen atoms in total. The van der Waals surface area contributed by atoms with Gasteiger partial charge in [0.2, 0.25) is 0 Å². The van der Waals surface area contributed by atoms with Crippen molar-refractivity contribution in [2.75, 3.05) is 5.75 Å². The third-order valence-electron chi connectivity index (χ3n) is 4.29. The Bertz CT molecular complexity index is 579. The maximum Gasteiger partial charge on any atom is 0.177 e. The number of carbonyl (C=O) groups excluding carboxylic acids is 1. The van der Waals surface area contributed by atoms with Crippen molar-refractivity contribution in [1.29, 1.82) is 0 Å². The van der Waals surface area contributed by atoms with Crippen LogP contribution in [0.25, 0.3) is 0 Å². The summed E-state index contributed by atoms with van der Waals surface area (Å²) in [6.07, 6.45) is 4.45. The van der Waals surface area contributed by atoms with Crippen LogP contribution < -0.4 is 0 Å². The fourth-order valence-electron chi connectivity index (χ4n) is 2.86. The second-order valence-electron chi connectivity index (χ2n) is 6.27. The van der Waals surface area contributed by atoms with Gasteiger partial charge in [-0.25, -0.2) is 8.42 Å². The fraction of sp³-hybridized carbons (Fsp3) is 0.588. The molecule has 0 saturated heterocycles. The molecule has 1 saturated carbocycles. The van der Waals surface area contributed by atoms with Crippen LogP contribution in [0.2, 0.25) is 0 Å². The highest BCUT2D eigenvalue weighted by Crippen LogP contribution is 2.25. The predicted molar refractivity (Wildman–Crippen MR) is 85.5 cm³/mol. The van der Waals surface area contributed by atoms with E-state index in [0.29, 0.717) is 24.3 Å². The van der Waals surface area contributed by atoms with Gasteiger partial charge in [0.1, 0.15) is 5.75 Å². The van der Waals surface area contributed by atoms with Gasteiger partial charge in [-0.3, -0.25) is 4.79 Å². The summed E-state index contributed by atoms with van der Waals surface area (Å²) in [6.45, 7) is 4.18. The molecule has 0 bridgehead atoms. The van der Waals surface area contributed by atoms with Gasteiger partial charge in [-0.05, 0) is 24.3 Å². The average molecular weight is 308 g/mol. The zero-order valence-corrected chi connectivity index (χ0v) is 13.7. The Kier molecular flexibility index (Phi) is 5.20. The number of rotatable bonds is 5. The van der Waals surface area contributed by atoms with E-state index in [9.17, 15) is 13.2 Å². The van der Waals surface area contributed by atoms with Crippen molar-refractivity contribution in [1.82, 2.24) is 0 Å². The number of carbonyl (C=O) groups is 1. The Morgan fingerprint density at radius 1 is 1.10 bits per heavy atom. The van der Waals surface area contributed by atoms with Crippen molar-refractivity contribution >= 4 is 15.6 Å². The third kappa shape index (κ3) is 4.16. The minimum Gasteiger partial charge on any atom is -0.293 e. The van der Waals surface area contributed by atoms with Gasteiger partial charge in [0.05, 0.1) is 5.25 Å². The van der Waals surface area contributed by atoms with E-state index in [1.54, 1.807) is 12.1 Å². The van der Waals surface area contributed by atoms with Crippen LogP contribution >= 0.6 is 0 Å². The molecule has 1 aromatic rings. The van der Waals surface area contributed by atoms with Gasteiger partial charge in [-0.1, -0.05) is 57.4 Å². The molecule has 0 radical (unpaired) electrons. The Balaban J connectivity index is 2.06. The normalized spacial score (nSPS) is 17.1. The van der Waals surface area contributed by atoms with Gasteiger partial charge in [0.25, 0.3) is 0 Å². The van der Waals surface area contributed by atoms with Crippen molar-refractivity contribution in [3.63, 3.8) is 0 Å². The van der Waals surface area contributed by atoms with E-state index in [1.165, 1.54) is 0 Å². The van der Waals surface area contributed by atoms with E-state index >= 15 is 0 Å². The standard InChI is InChI=1S/C17H24O3S/c1-13(2)14-8-10-15(11-9-14)17(18)12-21(19,20)16-6-4-3-5-7-16/h8-11,13,16H,3-7,12H2,1-2H3. The minimum absolute atomic E-state index is 0.282. The first kappa shape index (κ1) is 16.2. The lowest BCUT2D eigenvalue weighted by Gasteiger charge is -2.21. The van der Waals surface area contributed by atoms with Crippen molar-refractivity contribution < 1.29 is 13.2 Å². The lowest BCUT2D eigenvalue weighted by atomic mass is 10.0. The van der Waals surface area contributed by atoms with Gasteiger partial charge in [-0.15, -0.1) is 0 Å². The summed E-state index contributed by atoms with van der Waals surface area (Å²) in [5, 5.41) is -0.315. The van der Waals surface area contributed by atoms with Crippen LogP contribution in [0.4, 0.5) is 0 Å². The van der Waals surface area contributed by atoms with E-state index in [4.69, 9.17) is 0 Å². The Morgan fingerprint density at radius 3 is 2.19 bits per heavy atom. The summed E-state index contributed by atoms with van der Waals surface area (Å²) in [5.74, 6) is -0.227. The summed E-state index contributed by atoms with van der Waals surface area (Å²) in [4.78, 5) is 12.2. The van der Waals surface area contributed by atoms with Gasteiger partial charge in [-0.2, -0.15) is 0 Å². The molecular weight excluding hydrogens is 284 g/mol. The molecule has 0 atom stereocenters. The Labute approximate surface area is 127 Å². The molecule has 0 amide bonds. The second kappa shape index (κ2) is 6.73.